The number of fused-ring (bicyclic) bond motifs is 1. The van der Waals surface area contributed by atoms with E-state index < -0.39 is 0 Å². The van der Waals surface area contributed by atoms with Crippen LogP contribution in [0.2, 0.25) is 0 Å². The number of aliphatic hydroxyl groups excluding tert-OH is 1. The molecule has 2 N–H and O–H groups in total. The first kappa shape index (κ1) is 14.2. The van der Waals surface area contributed by atoms with Gasteiger partial charge in [0.05, 0.1) is 24.5 Å². The third-order valence-electron chi connectivity index (χ3n) is 3.59. The molecule has 0 amide bonds. The molecule has 0 aromatic carbocycles. The lowest BCUT2D eigenvalue weighted by molar-refractivity contribution is 0.267. The van der Waals surface area contributed by atoms with E-state index in [9.17, 15) is 0 Å². The summed E-state index contributed by atoms with van der Waals surface area (Å²) >= 11 is 1.64. The zero-order chi connectivity index (χ0) is 14.8. The lowest BCUT2D eigenvalue weighted by Crippen LogP contribution is -2.14. The van der Waals surface area contributed by atoms with E-state index in [0.717, 1.165) is 35.1 Å². The Labute approximate surface area is 127 Å². The van der Waals surface area contributed by atoms with Gasteiger partial charge in [-0.25, -0.2) is 4.98 Å². The zero-order valence-electron chi connectivity index (χ0n) is 12.2. The maximum Gasteiger partial charge on any atom is 0.193 e. The van der Waals surface area contributed by atoms with Crippen LogP contribution < -0.4 is 5.32 Å². The summed E-state index contributed by atoms with van der Waals surface area (Å²) in [5.74, 6) is 0. The topological polar surface area (TPSA) is 67.4 Å². The number of aliphatic hydroxyl groups is 1. The van der Waals surface area contributed by atoms with Crippen LogP contribution in [0, 0.1) is 13.8 Å². The van der Waals surface area contributed by atoms with E-state index in [0.29, 0.717) is 6.54 Å². The van der Waals surface area contributed by atoms with E-state index in [1.807, 2.05) is 40.7 Å². The van der Waals surface area contributed by atoms with Crippen LogP contribution in [0.3, 0.4) is 0 Å². The zero-order valence-corrected chi connectivity index (χ0v) is 13.0. The highest BCUT2D eigenvalue weighted by atomic mass is 32.1. The lowest BCUT2D eigenvalue weighted by Gasteiger charge is -2.05. The number of aryl methyl sites for hydroxylation is 1. The van der Waals surface area contributed by atoms with Crippen molar-refractivity contribution in [3.8, 4) is 0 Å². The fraction of sp³-hybridized carbons (Fsp3) is 0.429. The highest BCUT2D eigenvalue weighted by Gasteiger charge is 2.11. The Kier molecular flexibility index (Phi) is 4.05. The first-order valence-electron chi connectivity index (χ1n) is 6.94. The molecule has 0 aliphatic heterocycles. The molecule has 0 spiro atoms. The summed E-state index contributed by atoms with van der Waals surface area (Å²) < 4.78 is 3.90. The molecule has 0 radical (unpaired) electrons. The molecular weight excluding hydrogens is 286 g/mol. The number of rotatable bonds is 6. The third kappa shape index (κ3) is 2.85. The Morgan fingerprint density at radius 1 is 1.33 bits per heavy atom. The van der Waals surface area contributed by atoms with Gasteiger partial charge in [-0.3, -0.25) is 9.08 Å². The summed E-state index contributed by atoms with van der Waals surface area (Å²) in [4.78, 5) is 5.57. The van der Waals surface area contributed by atoms with Gasteiger partial charge in [-0.05, 0) is 13.8 Å². The van der Waals surface area contributed by atoms with Gasteiger partial charge in [-0.1, -0.05) is 0 Å². The maximum atomic E-state index is 9.03. The number of thiazole rings is 1. The standard InChI is InChI=1S/C14H19N5OS/c1-10-13(11(2)19(17-10)3-5-20)8-15-7-12-9-18-4-6-21-14(18)16-12/h4,6,9,15,20H,3,5,7-8H2,1-2H3. The van der Waals surface area contributed by atoms with Crippen molar-refractivity contribution in [2.45, 2.75) is 33.5 Å². The van der Waals surface area contributed by atoms with Crippen molar-refractivity contribution in [1.29, 1.82) is 0 Å². The van der Waals surface area contributed by atoms with Crippen LogP contribution >= 0.6 is 11.3 Å². The SMILES string of the molecule is Cc1nn(CCO)c(C)c1CNCc1cn2ccsc2n1. The molecule has 112 valence electrons. The number of hydrogen-bond donors (Lipinski definition) is 2. The van der Waals surface area contributed by atoms with Crippen molar-refractivity contribution in [1.82, 2.24) is 24.5 Å². The van der Waals surface area contributed by atoms with Gasteiger partial charge in [0, 0.05) is 42.1 Å². The predicted octanol–water partition coefficient (Wildman–Crippen LogP) is 1.49. The molecule has 6 nitrogen and oxygen atoms in total. The van der Waals surface area contributed by atoms with E-state index in [1.165, 1.54) is 5.56 Å². The van der Waals surface area contributed by atoms with Crippen molar-refractivity contribution in [3.05, 3.63) is 40.4 Å². The first-order valence-corrected chi connectivity index (χ1v) is 7.82. The van der Waals surface area contributed by atoms with Crippen molar-refractivity contribution >= 4 is 16.3 Å². The molecule has 0 aliphatic carbocycles. The van der Waals surface area contributed by atoms with Crippen molar-refractivity contribution in [3.63, 3.8) is 0 Å². The van der Waals surface area contributed by atoms with Gasteiger partial charge in [0.25, 0.3) is 0 Å². The van der Waals surface area contributed by atoms with Crippen molar-refractivity contribution < 1.29 is 5.11 Å². The summed E-state index contributed by atoms with van der Waals surface area (Å²) in [6.45, 7) is 6.20. The molecule has 21 heavy (non-hydrogen) atoms. The van der Waals surface area contributed by atoms with E-state index in [-0.39, 0.29) is 6.61 Å². The highest BCUT2D eigenvalue weighted by Crippen LogP contribution is 2.14. The fourth-order valence-electron chi connectivity index (χ4n) is 2.48. The minimum Gasteiger partial charge on any atom is -0.394 e. The molecule has 0 saturated carbocycles. The molecule has 0 fully saturated rings. The van der Waals surface area contributed by atoms with Crippen molar-refractivity contribution in [2.75, 3.05) is 6.61 Å². The Hall–Kier alpha value is -1.70. The van der Waals surface area contributed by atoms with Gasteiger partial charge in [-0.15, -0.1) is 11.3 Å². The monoisotopic (exact) mass is 305 g/mol. The quantitative estimate of drug-likeness (QED) is 0.724. The molecule has 3 aromatic heterocycles. The van der Waals surface area contributed by atoms with Crippen LogP contribution in [-0.4, -0.2) is 30.9 Å². The largest absolute Gasteiger partial charge is 0.394 e. The van der Waals surface area contributed by atoms with Gasteiger partial charge in [0.1, 0.15) is 0 Å². The van der Waals surface area contributed by atoms with Gasteiger partial charge in [-0.2, -0.15) is 5.10 Å². The number of imidazole rings is 1. The van der Waals surface area contributed by atoms with E-state index in [4.69, 9.17) is 5.11 Å². The van der Waals surface area contributed by atoms with Gasteiger partial charge < -0.3 is 10.4 Å². The lowest BCUT2D eigenvalue weighted by atomic mass is 10.2. The van der Waals surface area contributed by atoms with Gasteiger partial charge in [0.15, 0.2) is 4.96 Å². The Balaban J connectivity index is 1.63. The number of nitrogens with one attached hydrogen (secondary N) is 1. The Bertz CT molecular complexity index is 713. The van der Waals surface area contributed by atoms with Gasteiger partial charge in [0.2, 0.25) is 0 Å². The van der Waals surface area contributed by atoms with E-state index >= 15 is 0 Å². The minimum absolute atomic E-state index is 0.111. The fourth-order valence-corrected chi connectivity index (χ4v) is 3.20. The molecule has 0 bridgehead atoms. The molecule has 3 rings (SSSR count). The molecule has 0 atom stereocenters. The molecule has 0 saturated heterocycles. The van der Waals surface area contributed by atoms with Crippen molar-refractivity contribution in [2.24, 2.45) is 0 Å². The normalized spacial score (nSPS) is 11.6. The molecule has 3 heterocycles. The van der Waals surface area contributed by atoms with E-state index in [1.54, 1.807) is 11.3 Å². The average Bonchev–Trinajstić information content (AvgIpc) is 3.09. The first-order chi connectivity index (χ1) is 10.2. The summed E-state index contributed by atoms with van der Waals surface area (Å²) in [6.07, 6.45) is 4.07. The summed E-state index contributed by atoms with van der Waals surface area (Å²) in [7, 11) is 0. The van der Waals surface area contributed by atoms with Gasteiger partial charge >= 0.3 is 0 Å². The summed E-state index contributed by atoms with van der Waals surface area (Å²) in [5, 5.41) is 18.9. The van der Waals surface area contributed by atoms with Crippen LogP contribution in [-0.2, 0) is 19.6 Å². The summed E-state index contributed by atoms with van der Waals surface area (Å²) in [5.41, 5.74) is 4.36. The smallest absolute Gasteiger partial charge is 0.193 e. The van der Waals surface area contributed by atoms with Crippen LogP contribution in [0.5, 0.6) is 0 Å². The highest BCUT2D eigenvalue weighted by molar-refractivity contribution is 7.15. The van der Waals surface area contributed by atoms with Crippen LogP contribution in [0.4, 0.5) is 0 Å². The molecular formula is C14H19N5OS. The maximum absolute atomic E-state index is 9.03. The Morgan fingerprint density at radius 3 is 2.95 bits per heavy atom. The third-order valence-corrected chi connectivity index (χ3v) is 4.36. The Morgan fingerprint density at radius 2 is 2.19 bits per heavy atom. The molecule has 3 aromatic rings. The molecule has 7 heteroatoms. The van der Waals surface area contributed by atoms with E-state index in [2.05, 4.69) is 15.4 Å². The van der Waals surface area contributed by atoms with Crippen LogP contribution in [0.1, 0.15) is 22.6 Å². The van der Waals surface area contributed by atoms with Crippen LogP contribution in [0.25, 0.3) is 4.96 Å². The molecule has 0 unspecified atom stereocenters. The van der Waals surface area contributed by atoms with Crippen LogP contribution in [0.15, 0.2) is 17.8 Å². The molecule has 0 aliphatic rings. The average molecular weight is 305 g/mol. The second-order valence-corrected chi connectivity index (χ2v) is 5.90. The summed E-state index contributed by atoms with van der Waals surface area (Å²) in [6, 6.07) is 0. The number of aromatic nitrogens is 4. The predicted molar refractivity (Wildman–Crippen MR) is 82.4 cm³/mol. The second kappa shape index (κ2) is 5.97. The number of hydrogen-bond acceptors (Lipinski definition) is 5. The minimum atomic E-state index is 0.111. The number of nitrogens with zero attached hydrogens (tertiary/aromatic N) is 4. The second-order valence-electron chi connectivity index (χ2n) is 5.02.